The molecule has 0 amide bonds. The Balaban J connectivity index is 1.73. The molecule has 2 N–H and O–H groups in total. The molecule has 1 aliphatic carbocycles. The van der Waals surface area contributed by atoms with Gasteiger partial charge in [0.15, 0.2) is 5.82 Å². The van der Waals surface area contributed by atoms with E-state index in [-0.39, 0.29) is 0 Å². The van der Waals surface area contributed by atoms with Gasteiger partial charge in [0.2, 0.25) is 0 Å². The second-order valence-corrected chi connectivity index (χ2v) is 7.09. The highest BCUT2D eigenvalue weighted by Crippen LogP contribution is 2.44. The van der Waals surface area contributed by atoms with Crippen molar-refractivity contribution in [2.45, 2.75) is 31.7 Å². The molecule has 6 heteroatoms. The van der Waals surface area contributed by atoms with Crippen molar-refractivity contribution in [2.75, 3.05) is 6.61 Å². The first-order chi connectivity index (χ1) is 11.7. The van der Waals surface area contributed by atoms with Gasteiger partial charge in [0, 0.05) is 4.88 Å². The Bertz CT molecular complexity index is 837. The molecule has 1 saturated carbocycles. The fourth-order valence-electron chi connectivity index (χ4n) is 2.83. The van der Waals surface area contributed by atoms with Gasteiger partial charge in [-0.05, 0) is 37.8 Å². The zero-order valence-electron chi connectivity index (χ0n) is 13.5. The monoisotopic (exact) mass is 341 g/mol. The lowest BCUT2D eigenvalue weighted by molar-refractivity contribution is 0.229. The molecule has 0 unspecified atom stereocenters. The van der Waals surface area contributed by atoms with Crippen LogP contribution in [0.1, 0.15) is 32.0 Å². The minimum absolute atomic E-state index is 0.424. The first-order valence-electron chi connectivity index (χ1n) is 8.15. The molecule has 1 fully saturated rings. The maximum absolute atomic E-state index is 6.30. The molecular weight excluding hydrogens is 322 g/mol. The van der Waals surface area contributed by atoms with Gasteiger partial charge in [-0.25, -0.2) is 0 Å². The average Bonchev–Trinajstić information content (AvgIpc) is 3.21. The van der Waals surface area contributed by atoms with Gasteiger partial charge in [0.1, 0.15) is 10.6 Å². The van der Waals surface area contributed by atoms with Crippen molar-refractivity contribution < 1.29 is 9.26 Å². The molecule has 124 valence electrons. The van der Waals surface area contributed by atoms with Crippen molar-refractivity contribution in [3.63, 3.8) is 0 Å². The maximum Gasteiger partial charge on any atom is 0.271 e. The molecule has 2 aromatic heterocycles. The Morgan fingerprint density at radius 2 is 2.08 bits per heavy atom. The largest absolute Gasteiger partial charge is 0.492 e. The van der Waals surface area contributed by atoms with Gasteiger partial charge in [0.05, 0.1) is 12.1 Å². The first-order valence-corrected chi connectivity index (χ1v) is 8.97. The number of benzene rings is 1. The fraction of sp³-hybridized carbons (Fsp3) is 0.333. The van der Waals surface area contributed by atoms with Crippen LogP contribution in [-0.4, -0.2) is 16.7 Å². The molecule has 2 heterocycles. The fourth-order valence-corrected chi connectivity index (χ4v) is 3.86. The number of nitrogens with zero attached hydrogens (tertiary/aromatic N) is 2. The number of thiophene rings is 1. The Labute approximate surface area is 144 Å². The van der Waals surface area contributed by atoms with Gasteiger partial charge in [-0.1, -0.05) is 35.5 Å². The van der Waals surface area contributed by atoms with Gasteiger partial charge in [0.25, 0.3) is 5.89 Å². The zero-order valence-corrected chi connectivity index (χ0v) is 14.3. The maximum atomic E-state index is 6.30. The lowest BCUT2D eigenvalue weighted by atomic mass is 9.77. The minimum Gasteiger partial charge on any atom is -0.492 e. The smallest absolute Gasteiger partial charge is 0.271 e. The van der Waals surface area contributed by atoms with Crippen molar-refractivity contribution >= 4 is 11.3 Å². The lowest BCUT2D eigenvalue weighted by Gasteiger charge is -2.34. The van der Waals surface area contributed by atoms with E-state index in [0.717, 1.165) is 40.3 Å². The summed E-state index contributed by atoms with van der Waals surface area (Å²) in [5, 5.41) is 4.11. The third-order valence-corrected chi connectivity index (χ3v) is 5.52. The van der Waals surface area contributed by atoms with E-state index >= 15 is 0 Å². The number of nitrogens with two attached hydrogens (primary N) is 1. The van der Waals surface area contributed by atoms with Crippen molar-refractivity contribution in [1.29, 1.82) is 0 Å². The van der Waals surface area contributed by atoms with Gasteiger partial charge >= 0.3 is 0 Å². The summed E-state index contributed by atoms with van der Waals surface area (Å²) in [4.78, 5) is 6.52. The molecule has 0 saturated heterocycles. The molecule has 1 aromatic carbocycles. The summed E-state index contributed by atoms with van der Waals surface area (Å²) in [5.74, 6) is 1.86. The molecule has 24 heavy (non-hydrogen) atoms. The second-order valence-electron chi connectivity index (χ2n) is 6.04. The summed E-state index contributed by atoms with van der Waals surface area (Å²) < 4.78 is 11.3. The van der Waals surface area contributed by atoms with E-state index in [1.807, 2.05) is 31.2 Å². The Kier molecular flexibility index (Phi) is 3.86. The Morgan fingerprint density at radius 1 is 1.29 bits per heavy atom. The summed E-state index contributed by atoms with van der Waals surface area (Å²) in [6, 6.07) is 12.2. The molecule has 4 rings (SSSR count). The highest BCUT2D eigenvalue weighted by molar-refractivity contribution is 7.19. The highest BCUT2D eigenvalue weighted by atomic mass is 32.1. The van der Waals surface area contributed by atoms with Crippen LogP contribution in [0, 0.1) is 0 Å². The highest BCUT2D eigenvalue weighted by Gasteiger charge is 2.39. The van der Waals surface area contributed by atoms with Crippen LogP contribution in [0.3, 0.4) is 0 Å². The predicted molar refractivity (Wildman–Crippen MR) is 93.9 cm³/mol. The minimum atomic E-state index is -0.424. The molecular formula is C18H19N3O2S. The molecule has 0 radical (unpaired) electrons. The standard InChI is InChI=1S/C18H19N3O2S/c1-2-22-13-11-14(12-7-4-3-5-8-12)24-15(13)16-20-17(21-23-16)18(19)9-6-10-18/h3-5,7-8,11H,2,6,9-10,19H2,1H3. The van der Waals surface area contributed by atoms with Crippen LogP contribution in [0.4, 0.5) is 0 Å². The van der Waals surface area contributed by atoms with Crippen LogP contribution in [0.5, 0.6) is 5.75 Å². The summed E-state index contributed by atoms with van der Waals surface area (Å²) in [6.07, 6.45) is 2.93. The average molecular weight is 341 g/mol. The molecule has 3 aromatic rings. The van der Waals surface area contributed by atoms with Crippen molar-refractivity contribution in [1.82, 2.24) is 10.1 Å². The Hall–Kier alpha value is -2.18. The van der Waals surface area contributed by atoms with Crippen molar-refractivity contribution in [3.05, 3.63) is 42.2 Å². The van der Waals surface area contributed by atoms with Crippen molar-refractivity contribution in [3.8, 4) is 27.0 Å². The summed E-state index contributed by atoms with van der Waals surface area (Å²) in [5.41, 5.74) is 7.01. The summed E-state index contributed by atoms with van der Waals surface area (Å²) in [7, 11) is 0. The summed E-state index contributed by atoms with van der Waals surface area (Å²) in [6.45, 7) is 2.55. The molecule has 0 aliphatic heterocycles. The molecule has 0 atom stereocenters. The van der Waals surface area contributed by atoms with Gasteiger partial charge in [-0.15, -0.1) is 11.3 Å². The molecule has 1 aliphatic rings. The Morgan fingerprint density at radius 3 is 2.75 bits per heavy atom. The van der Waals surface area contributed by atoms with Gasteiger partial charge in [-0.2, -0.15) is 4.98 Å². The lowest BCUT2D eigenvalue weighted by Crippen LogP contribution is -2.44. The number of rotatable bonds is 5. The van der Waals surface area contributed by atoms with E-state index in [1.165, 1.54) is 0 Å². The van der Waals surface area contributed by atoms with Crippen LogP contribution >= 0.6 is 11.3 Å². The van der Waals surface area contributed by atoms with Crippen LogP contribution < -0.4 is 10.5 Å². The molecule has 0 bridgehead atoms. The van der Waals surface area contributed by atoms with E-state index in [1.54, 1.807) is 11.3 Å². The van der Waals surface area contributed by atoms with E-state index < -0.39 is 5.54 Å². The normalized spacial score (nSPS) is 15.9. The third-order valence-electron chi connectivity index (χ3n) is 4.37. The number of ether oxygens (including phenoxy) is 1. The van der Waals surface area contributed by atoms with Crippen LogP contribution in [0.2, 0.25) is 0 Å². The first kappa shape index (κ1) is 15.4. The van der Waals surface area contributed by atoms with Crippen molar-refractivity contribution in [2.24, 2.45) is 5.73 Å². The van der Waals surface area contributed by atoms with E-state index in [2.05, 4.69) is 22.3 Å². The number of hydrogen-bond donors (Lipinski definition) is 1. The zero-order chi connectivity index (χ0) is 16.6. The number of hydrogen-bond acceptors (Lipinski definition) is 6. The predicted octanol–water partition coefficient (Wildman–Crippen LogP) is 4.20. The third kappa shape index (κ3) is 2.61. The SMILES string of the molecule is CCOc1cc(-c2ccccc2)sc1-c1nc(C2(N)CCC2)no1. The van der Waals surface area contributed by atoms with Gasteiger partial charge < -0.3 is 15.0 Å². The second kappa shape index (κ2) is 6.03. The topological polar surface area (TPSA) is 74.2 Å². The quantitative estimate of drug-likeness (QED) is 0.753. The number of aromatic nitrogens is 2. The van der Waals surface area contributed by atoms with Crippen LogP contribution in [-0.2, 0) is 5.54 Å². The van der Waals surface area contributed by atoms with Crippen LogP contribution in [0.15, 0.2) is 40.9 Å². The molecule has 0 spiro atoms. The van der Waals surface area contributed by atoms with Crippen LogP contribution in [0.25, 0.3) is 21.2 Å². The summed E-state index contributed by atoms with van der Waals surface area (Å²) >= 11 is 1.59. The van der Waals surface area contributed by atoms with E-state index in [9.17, 15) is 0 Å². The van der Waals surface area contributed by atoms with E-state index in [4.69, 9.17) is 15.0 Å². The van der Waals surface area contributed by atoms with Gasteiger partial charge in [-0.3, -0.25) is 0 Å². The molecule has 5 nitrogen and oxygen atoms in total. The van der Waals surface area contributed by atoms with E-state index in [0.29, 0.717) is 18.3 Å².